The highest BCUT2D eigenvalue weighted by Crippen LogP contribution is 2.40. The molecule has 35 heavy (non-hydrogen) atoms. The van der Waals surface area contributed by atoms with Crippen LogP contribution in [-0.2, 0) is 11.3 Å². The van der Waals surface area contributed by atoms with Crippen LogP contribution in [0.1, 0.15) is 54.9 Å². The Bertz CT molecular complexity index is 1000. The van der Waals surface area contributed by atoms with Gasteiger partial charge in [-0.25, -0.2) is 0 Å². The number of carbonyl (C=O) groups is 2. The highest BCUT2D eigenvalue weighted by atomic mass is 16.2. The number of piperazine rings is 1. The zero-order valence-electron chi connectivity index (χ0n) is 20.9. The van der Waals surface area contributed by atoms with E-state index in [-0.39, 0.29) is 17.9 Å². The maximum Gasteiger partial charge on any atom is 0.254 e. The molecule has 3 unspecified atom stereocenters. The lowest BCUT2D eigenvalue weighted by atomic mass is 9.84. The van der Waals surface area contributed by atoms with E-state index in [2.05, 4.69) is 34.2 Å². The van der Waals surface area contributed by atoms with Gasteiger partial charge in [0.1, 0.15) is 6.04 Å². The number of hydrogen-bond donors (Lipinski definition) is 1. The van der Waals surface area contributed by atoms with Gasteiger partial charge >= 0.3 is 0 Å². The number of fused-ring (bicyclic) bond motifs is 1. The van der Waals surface area contributed by atoms with Gasteiger partial charge in [0.2, 0.25) is 5.91 Å². The zero-order valence-corrected chi connectivity index (χ0v) is 20.9. The van der Waals surface area contributed by atoms with E-state index >= 15 is 0 Å². The molecule has 2 saturated heterocycles. The van der Waals surface area contributed by atoms with E-state index in [9.17, 15) is 9.59 Å². The van der Waals surface area contributed by atoms with Crippen molar-refractivity contribution < 1.29 is 9.59 Å². The molecule has 2 amide bonds. The third-order valence-electron chi connectivity index (χ3n) is 8.19. The van der Waals surface area contributed by atoms with Crippen molar-refractivity contribution in [2.24, 2.45) is 5.92 Å². The van der Waals surface area contributed by atoms with E-state index in [0.717, 1.165) is 70.6 Å². The van der Waals surface area contributed by atoms with E-state index < -0.39 is 6.04 Å². The number of carbonyl (C=O) groups excluding carboxylic acids is 2. The van der Waals surface area contributed by atoms with E-state index in [1.54, 1.807) is 0 Å². The lowest BCUT2D eigenvalue weighted by Crippen LogP contribution is -2.47. The topological polar surface area (TPSA) is 55.9 Å². The normalized spacial score (nSPS) is 25.3. The Morgan fingerprint density at radius 2 is 1.57 bits per heavy atom. The van der Waals surface area contributed by atoms with Crippen molar-refractivity contribution in [1.29, 1.82) is 0 Å². The zero-order chi connectivity index (χ0) is 24.2. The maximum absolute atomic E-state index is 13.5. The van der Waals surface area contributed by atoms with Gasteiger partial charge in [-0.05, 0) is 61.6 Å². The van der Waals surface area contributed by atoms with Gasteiger partial charge in [0, 0.05) is 50.0 Å². The Morgan fingerprint density at radius 3 is 2.29 bits per heavy atom. The first-order chi connectivity index (χ1) is 17.1. The Morgan fingerprint density at radius 1 is 0.886 bits per heavy atom. The van der Waals surface area contributed by atoms with Crippen LogP contribution in [0, 0.1) is 5.92 Å². The van der Waals surface area contributed by atoms with Gasteiger partial charge < -0.3 is 15.1 Å². The van der Waals surface area contributed by atoms with Crippen LogP contribution in [0.15, 0.2) is 54.6 Å². The molecule has 0 spiro atoms. The van der Waals surface area contributed by atoms with Crippen molar-refractivity contribution in [3.8, 4) is 0 Å². The number of benzene rings is 2. The third-order valence-corrected chi connectivity index (χ3v) is 8.19. The minimum Gasteiger partial charge on any atom is -0.324 e. The molecule has 1 saturated carbocycles. The number of hydrogen-bond acceptors (Lipinski definition) is 4. The number of rotatable bonds is 6. The Kier molecular flexibility index (Phi) is 7.49. The predicted molar refractivity (Wildman–Crippen MR) is 139 cm³/mol. The molecule has 186 valence electrons. The summed E-state index contributed by atoms with van der Waals surface area (Å²) < 4.78 is 0. The fraction of sp³-hybridized carbons (Fsp3) is 0.517. The summed E-state index contributed by atoms with van der Waals surface area (Å²) >= 11 is 0. The standard InChI is InChI=1S/C29H38N4O2/c1-2-31-16-18-32(19-17-31)21-22-12-14-25(15-13-22)30-28(34)27-20-24-10-6-7-11-26(24)33(27)29(35)23-8-4-3-5-9-23/h3-5,8-9,12-15,24,26-27H,2,6-7,10-11,16-21H2,1H3,(H,30,34). The highest BCUT2D eigenvalue weighted by molar-refractivity contribution is 6.01. The number of anilines is 1. The summed E-state index contributed by atoms with van der Waals surface area (Å²) in [5.74, 6) is 0.341. The van der Waals surface area contributed by atoms with Crippen LogP contribution in [-0.4, -0.2) is 71.3 Å². The Balaban J connectivity index is 1.24. The first-order valence-electron chi connectivity index (χ1n) is 13.3. The first-order valence-corrected chi connectivity index (χ1v) is 13.3. The van der Waals surface area contributed by atoms with Gasteiger partial charge in [0.25, 0.3) is 5.91 Å². The minimum atomic E-state index is -0.412. The molecule has 2 heterocycles. The molecule has 6 nitrogen and oxygen atoms in total. The van der Waals surface area contributed by atoms with Gasteiger partial charge in [-0.15, -0.1) is 0 Å². The number of amides is 2. The summed E-state index contributed by atoms with van der Waals surface area (Å²) in [6, 6.07) is 17.4. The quantitative estimate of drug-likeness (QED) is 0.681. The largest absolute Gasteiger partial charge is 0.324 e. The number of nitrogens with zero attached hydrogens (tertiary/aromatic N) is 3. The fourth-order valence-electron chi connectivity index (χ4n) is 6.16. The van der Waals surface area contributed by atoms with Crippen molar-refractivity contribution in [2.75, 3.05) is 38.0 Å². The van der Waals surface area contributed by atoms with Crippen molar-refractivity contribution in [3.63, 3.8) is 0 Å². The van der Waals surface area contributed by atoms with Crippen molar-refractivity contribution in [2.45, 2.75) is 57.7 Å². The van der Waals surface area contributed by atoms with E-state index in [1.807, 2.05) is 47.4 Å². The summed E-state index contributed by atoms with van der Waals surface area (Å²) in [6.07, 6.45) is 5.18. The summed E-state index contributed by atoms with van der Waals surface area (Å²) in [4.78, 5) is 33.8. The van der Waals surface area contributed by atoms with Gasteiger partial charge in [0.05, 0.1) is 0 Å². The van der Waals surface area contributed by atoms with Crippen LogP contribution in [0.2, 0.25) is 0 Å². The van der Waals surface area contributed by atoms with E-state index in [0.29, 0.717) is 11.5 Å². The third kappa shape index (κ3) is 5.44. The van der Waals surface area contributed by atoms with Crippen LogP contribution < -0.4 is 5.32 Å². The summed E-state index contributed by atoms with van der Waals surface area (Å²) in [5, 5.41) is 3.12. The molecule has 6 heteroatoms. The molecule has 0 bridgehead atoms. The van der Waals surface area contributed by atoms with Gasteiger partial charge in [0.15, 0.2) is 0 Å². The number of likely N-dealkylation sites (tertiary alicyclic amines) is 1. The van der Waals surface area contributed by atoms with E-state index in [1.165, 1.54) is 12.0 Å². The fourth-order valence-corrected chi connectivity index (χ4v) is 6.16. The smallest absolute Gasteiger partial charge is 0.254 e. The second-order valence-electron chi connectivity index (χ2n) is 10.3. The number of likely N-dealkylation sites (N-methyl/N-ethyl adjacent to an activating group) is 1. The molecule has 0 aromatic heterocycles. The molecule has 5 rings (SSSR count). The van der Waals surface area contributed by atoms with Crippen LogP contribution in [0.5, 0.6) is 0 Å². The molecule has 2 aliphatic heterocycles. The first kappa shape index (κ1) is 24.0. The Labute approximate surface area is 209 Å². The average molecular weight is 475 g/mol. The molecular formula is C29H38N4O2. The summed E-state index contributed by atoms with van der Waals surface area (Å²) in [7, 11) is 0. The molecule has 1 aliphatic carbocycles. The summed E-state index contributed by atoms with van der Waals surface area (Å²) in [5.41, 5.74) is 2.73. The highest BCUT2D eigenvalue weighted by Gasteiger charge is 2.47. The minimum absolute atomic E-state index is 0.0151. The molecule has 1 N–H and O–H groups in total. The van der Waals surface area contributed by atoms with Crippen molar-refractivity contribution in [1.82, 2.24) is 14.7 Å². The Hall–Kier alpha value is -2.70. The van der Waals surface area contributed by atoms with Gasteiger partial charge in [-0.1, -0.05) is 50.1 Å². The van der Waals surface area contributed by atoms with Gasteiger partial charge in [-0.3, -0.25) is 14.5 Å². The lowest BCUT2D eigenvalue weighted by molar-refractivity contribution is -0.120. The average Bonchev–Trinajstić information content (AvgIpc) is 3.30. The van der Waals surface area contributed by atoms with E-state index in [4.69, 9.17) is 0 Å². The monoisotopic (exact) mass is 474 g/mol. The second-order valence-corrected chi connectivity index (χ2v) is 10.3. The number of nitrogens with one attached hydrogen (secondary N) is 1. The van der Waals surface area contributed by atoms with Crippen LogP contribution in [0.3, 0.4) is 0 Å². The van der Waals surface area contributed by atoms with Crippen LogP contribution >= 0.6 is 0 Å². The second kappa shape index (κ2) is 10.9. The van der Waals surface area contributed by atoms with Crippen molar-refractivity contribution >= 4 is 17.5 Å². The molecule has 2 aromatic rings. The van der Waals surface area contributed by atoms with Crippen molar-refractivity contribution in [3.05, 3.63) is 65.7 Å². The molecule has 3 atom stereocenters. The van der Waals surface area contributed by atoms with Gasteiger partial charge in [-0.2, -0.15) is 0 Å². The SMILES string of the molecule is CCN1CCN(Cc2ccc(NC(=O)C3CC4CCCCC4N3C(=O)c3ccccc3)cc2)CC1. The lowest BCUT2D eigenvalue weighted by Gasteiger charge is -2.34. The summed E-state index contributed by atoms with van der Waals surface area (Å²) in [6.45, 7) is 8.75. The van der Waals surface area contributed by atoms with Crippen LogP contribution in [0.25, 0.3) is 0 Å². The predicted octanol–water partition coefficient (Wildman–Crippen LogP) is 4.24. The maximum atomic E-state index is 13.5. The molecular weight excluding hydrogens is 436 g/mol. The molecule has 2 aromatic carbocycles. The van der Waals surface area contributed by atoms with Crippen LogP contribution in [0.4, 0.5) is 5.69 Å². The molecule has 0 radical (unpaired) electrons. The molecule has 3 fully saturated rings. The molecule has 3 aliphatic rings.